The van der Waals surface area contributed by atoms with Crippen molar-refractivity contribution in [1.82, 2.24) is 5.43 Å². The maximum absolute atomic E-state index is 12.5. The number of anilines is 1. The van der Waals surface area contributed by atoms with Crippen LogP contribution in [-0.4, -0.2) is 37.7 Å². The molecule has 0 heterocycles. The number of carbonyl (C=O) groups is 3. The molecular formula is C26H25N3O6. The van der Waals surface area contributed by atoms with Gasteiger partial charge >= 0.3 is 17.8 Å². The van der Waals surface area contributed by atoms with Crippen molar-refractivity contribution in [2.24, 2.45) is 5.10 Å². The topological polar surface area (TPSA) is 115 Å². The molecule has 0 bridgehead atoms. The van der Waals surface area contributed by atoms with Crippen LogP contribution in [0.1, 0.15) is 28.4 Å². The predicted molar refractivity (Wildman–Crippen MR) is 131 cm³/mol. The van der Waals surface area contributed by atoms with Crippen molar-refractivity contribution in [3.63, 3.8) is 0 Å². The quantitative estimate of drug-likeness (QED) is 0.169. The van der Waals surface area contributed by atoms with E-state index >= 15 is 0 Å². The van der Waals surface area contributed by atoms with Crippen LogP contribution in [0.15, 0.2) is 71.8 Å². The summed E-state index contributed by atoms with van der Waals surface area (Å²) in [6.07, 6.45) is 1.33. The fraction of sp³-hybridized carbons (Fsp3) is 0.154. The Kier molecular flexibility index (Phi) is 8.55. The Labute approximate surface area is 202 Å². The molecule has 0 spiro atoms. The van der Waals surface area contributed by atoms with Crippen LogP contribution in [0.4, 0.5) is 5.69 Å². The summed E-state index contributed by atoms with van der Waals surface area (Å²) < 4.78 is 16.1. The summed E-state index contributed by atoms with van der Waals surface area (Å²) in [6, 6.07) is 18.3. The van der Waals surface area contributed by atoms with Gasteiger partial charge in [0.1, 0.15) is 5.75 Å². The number of hydrogen-bond acceptors (Lipinski definition) is 7. The van der Waals surface area contributed by atoms with Gasteiger partial charge in [-0.25, -0.2) is 10.2 Å². The molecule has 35 heavy (non-hydrogen) atoms. The molecule has 0 unspecified atom stereocenters. The fourth-order valence-electron chi connectivity index (χ4n) is 2.90. The Morgan fingerprint density at radius 2 is 1.63 bits per heavy atom. The van der Waals surface area contributed by atoms with Crippen LogP contribution >= 0.6 is 0 Å². The van der Waals surface area contributed by atoms with E-state index in [2.05, 4.69) is 15.8 Å². The van der Waals surface area contributed by atoms with E-state index in [0.717, 1.165) is 5.56 Å². The Morgan fingerprint density at radius 3 is 2.29 bits per heavy atom. The number of nitrogens with zero attached hydrogens (tertiary/aromatic N) is 1. The highest BCUT2D eigenvalue weighted by molar-refractivity contribution is 6.39. The molecule has 0 saturated carbocycles. The summed E-state index contributed by atoms with van der Waals surface area (Å²) in [5, 5.41) is 6.28. The van der Waals surface area contributed by atoms with E-state index in [-0.39, 0.29) is 11.5 Å². The van der Waals surface area contributed by atoms with Gasteiger partial charge in [-0.2, -0.15) is 5.10 Å². The van der Waals surface area contributed by atoms with Gasteiger partial charge in [-0.05, 0) is 74.0 Å². The summed E-state index contributed by atoms with van der Waals surface area (Å²) in [5.41, 5.74) is 4.59. The third-order valence-corrected chi connectivity index (χ3v) is 4.69. The summed E-state index contributed by atoms with van der Waals surface area (Å²) in [5.74, 6) is -1.17. The van der Waals surface area contributed by atoms with Gasteiger partial charge in [-0.3, -0.25) is 9.59 Å². The van der Waals surface area contributed by atoms with Gasteiger partial charge in [-0.1, -0.05) is 17.7 Å². The first-order valence-corrected chi connectivity index (χ1v) is 10.7. The van der Waals surface area contributed by atoms with Crippen molar-refractivity contribution in [2.75, 3.05) is 19.0 Å². The van der Waals surface area contributed by atoms with E-state index in [9.17, 15) is 14.4 Å². The monoisotopic (exact) mass is 475 g/mol. The smallest absolute Gasteiger partial charge is 0.343 e. The van der Waals surface area contributed by atoms with Gasteiger partial charge < -0.3 is 19.5 Å². The third kappa shape index (κ3) is 7.16. The maximum atomic E-state index is 12.5. The Hall–Kier alpha value is -4.66. The number of hydrogen-bond donors (Lipinski definition) is 2. The zero-order chi connectivity index (χ0) is 25.2. The van der Waals surface area contributed by atoms with E-state index in [1.807, 2.05) is 26.0 Å². The molecule has 2 N–H and O–H groups in total. The zero-order valence-electron chi connectivity index (χ0n) is 19.5. The van der Waals surface area contributed by atoms with Gasteiger partial charge in [0, 0.05) is 5.69 Å². The fourth-order valence-corrected chi connectivity index (χ4v) is 2.90. The normalized spacial score (nSPS) is 10.5. The van der Waals surface area contributed by atoms with Crippen molar-refractivity contribution >= 4 is 29.7 Å². The minimum Gasteiger partial charge on any atom is -0.494 e. The minimum atomic E-state index is -0.922. The number of benzene rings is 3. The minimum absolute atomic E-state index is 0.213. The highest BCUT2D eigenvalue weighted by Crippen LogP contribution is 2.28. The summed E-state index contributed by atoms with van der Waals surface area (Å²) in [6.45, 7) is 4.32. The molecule has 3 rings (SSSR count). The number of ether oxygens (including phenoxy) is 3. The Morgan fingerprint density at radius 1 is 0.914 bits per heavy atom. The van der Waals surface area contributed by atoms with E-state index < -0.39 is 17.8 Å². The van der Waals surface area contributed by atoms with Crippen LogP contribution in [0, 0.1) is 6.92 Å². The number of esters is 1. The highest BCUT2D eigenvalue weighted by Gasteiger charge is 2.14. The SMILES string of the molecule is CCOc1ccc(C(=O)Oc2ccc(C=NNC(=O)C(=O)Nc3ccc(C)cc3)cc2OC)cc1. The predicted octanol–water partition coefficient (Wildman–Crippen LogP) is 3.71. The lowest BCUT2D eigenvalue weighted by molar-refractivity contribution is -0.136. The molecule has 180 valence electrons. The second kappa shape index (κ2) is 12.0. The molecule has 9 heteroatoms. The molecule has 0 saturated heterocycles. The van der Waals surface area contributed by atoms with Crippen molar-refractivity contribution in [2.45, 2.75) is 13.8 Å². The maximum Gasteiger partial charge on any atom is 0.343 e. The van der Waals surface area contributed by atoms with Crippen molar-refractivity contribution in [3.05, 3.63) is 83.4 Å². The molecular weight excluding hydrogens is 450 g/mol. The molecule has 3 aromatic carbocycles. The van der Waals surface area contributed by atoms with Crippen LogP contribution in [0.3, 0.4) is 0 Å². The van der Waals surface area contributed by atoms with Crippen LogP contribution < -0.4 is 25.0 Å². The van der Waals surface area contributed by atoms with E-state index in [0.29, 0.717) is 29.2 Å². The second-order valence-electron chi connectivity index (χ2n) is 7.28. The lowest BCUT2D eigenvalue weighted by Gasteiger charge is -2.10. The summed E-state index contributed by atoms with van der Waals surface area (Å²) in [4.78, 5) is 36.4. The molecule has 9 nitrogen and oxygen atoms in total. The van der Waals surface area contributed by atoms with Gasteiger partial charge in [0.2, 0.25) is 0 Å². The van der Waals surface area contributed by atoms with Gasteiger partial charge in [0.25, 0.3) is 0 Å². The molecule has 2 amide bonds. The van der Waals surface area contributed by atoms with Crippen LogP contribution in [0.25, 0.3) is 0 Å². The number of aryl methyl sites for hydroxylation is 1. The van der Waals surface area contributed by atoms with Gasteiger partial charge in [0.05, 0.1) is 25.5 Å². The lowest BCUT2D eigenvalue weighted by Crippen LogP contribution is -2.32. The summed E-state index contributed by atoms with van der Waals surface area (Å²) in [7, 11) is 1.43. The Balaban J connectivity index is 1.58. The van der Waals surface area contributed by atoms with Crippen LogP contribution in [0.2, 0.25) is 0 Å². The average molecular weight is 476 g/mol. The standard InChI is InChI=1S/C26H25N3O6/c1-4-34-21-12-8-19(9-13-21)26(32)35-22-14-7-18(15-23(22)33-3)16-27-29-25(31)24(30)28-20-10-5-17(2)6-11-20/h5-16H,4H2,1-3H3,(H,28,30)(H,29,31). The summed E-state index contributed by atoms with van der Waals surface area (Å²) >= 11 is 0. The Bertz CT molecular complexity index is 1220. The van der Waals surface area contributed by atoms with Crippen molar-refractivity contribution < 1.29 is 28.6 Å². The van der Waals surface area contributed by atoms with Crippen molar-refractivity contribution in [3.8, 4) is 17.2 Å². The first-order valence-electron chi connectivity index (χ1n) is 10.7. The molecule has 0 radical (unpaired) electrons. The first kappa shape index (κ1) is 25.0. The second-order valence-corrected chi connectivity index (χ2v) is 7.28. The van der Waals surface area contributed by atoms with Crippen LogP contribution in [0.5, 0.6) is 17.2 Å². The molecule has 0 aliphatic heterocycles. The largest absolute Gasteiger partial charge is 0.494 e. The zero-order valence-corrected chi connectivity index (χ0v) is 19.5. The number of carbonyl (C=O) groups excluding carboxylic acids is 3. The highest BCUT2D eigenvalue weighted by atomic mass is 16.6. The van der Waals surface area contributed by atoms with Crippen molar-refractivity contribution in [1.29, 1.82) is 0 Å². The number of amides is 2. The molecule has 0 atom stereocenters. The molecule has 0 aliphatic carbocycles. The molecule has 0 aliphatic rings. The number of hydrazone groups is 1. The first-order chi connectivity index (χ1) is 16.9. The van der Waals surface area contributed by atoms with Gasteiger partial charge in [-0.15, -0.1) is 0 Å². The lowest BCUT2D eigenvalue weighted by atomic mass is 10.2. The third-order valence-electron chi connectivity index (χ3n) is 4.69. The number of nitrogens with one attached hydrogen (secondary N) is 2. The van der Waals surface area contributed by atoms with E-state index in [1.165, 1.54) is 13.3 Å². The van der Waals surface area contributed by atoms with Gasteiger partial charge in [0.15, 0.2) is 11.5 Å². The van der Waals surface area contributed by atoms with E-state index in [1.54, 1.807) is 54.6 Å². The average Bonchev–Trinajstić information content (AvgIpc) is 2.86. The van der Waals surface area contributed by atoms with E-state index in [4.69, 9.17) is 14.2 Å². The molecule has 0 fully saturated rings. The molecule has 0 aromatic heterocycles. The number of methoxy groups -OCH3 is 1. The molecule has 3 aromatic rings. The number of rotatable bonds is 8. The van der Waals surface area contributed by atoms with Crippen LogP contribution in [-0.2, 0) is 9.59 Å².